The number of nitrogens with zero attached hydrogens (tertiary/aromatic N) is 1. The van der Waals surface area contributed by atoms with E-state index in [2.05, 4.69) is 35.2 Å². The minimum Gasteiger partial charge on any atom is -0.469 e. The first kappa shape index (κ1) is 12.8. The smallest absolute Gasteiger partial charge is 0.305 e. The fraction of sp³-hybridized carbons (Fsp3) is 0.909. The molecule has 0 bridgehead atoms. The summed E-state index contributed by atoms with van der Waals surface area (Å²) in [5.41, 5.74) is 0. The number of hydrogen-bond acceptors (Lipinski definition) is 4. The second-order valence-corrected chi connectivity index (χ2v) is 6.08. The second-order valence-electron chi connectivity index (χ2n) is 4.20. The van der Waals surface area contributed by atoms with Crippen LogP contribution in [0.2, 0.25) is 0 Å². The zero-order valence-electron chi connectivity index (χ0n) is 9.86. The van der Waals surface area contributed by atoms with E-state index in [9.17, 15) is 4.79 Å². The second kappa shape index (κ2) is 6.38. The number of ether oxygens (including phenoxy) is 1. The van der Waals surface area contributed by atoms with Crippen LogP contribution in [0.5, 0.6) is 0 Å². The molecule has 0 spiro atoms. The molecule has 88 valence electrons. The highest BCUT2D eigenvalue weighted by Crippen LogP contribution is 2.24. The van der Waals surface area contributed by atoms with Gasteiger partial charge in [0.1, 0.15) is 0 Å². The summed E-state index contributed by atoms with van der Waals surface area (Å²) in [6.45, 7) is 7.86. The van der Waals surface area contributed by atoms with Gasteiger partial charge in [0.25, 0.3) is 0 Å². The Morgan fingerprint density at radius 3 is 2.53 bits per heavy atom. The number of carbonyl (C=O) groups excluding carboxylic acids is 1. The zero-order chi connectivity index (χ0) is 11.3. The van der Waals surface area contributed by atoms with Gasteiger partial charge in [0.15, 0.2) is 0 Å². The van der Waals surface area contributed by atoms with Gasteiger partial charge < -0.3 is 9.64 Å². The molecule has 0 N–H and O–H groups in total. The lowest BCUT2D eigenvalue weighted by Crippen LogP contribution is -2.40. The van der Waals surface area contributed by atoms with E-state index in [0.29, 0.717) is 16.9 Å². The van der Waals surface area contributed by atoms with E-state index in [-0.39, 0.29) is 5.97 Å². The summed E-state index contributed by atoms with van der Waals surface area (Å²) >= 11 is 2.06. The Labute approximate surface area is 96.5 Å². The lowest BCUT2D eigenvalue weighted by Gasteiger charge is -2.34. The van der Waals surface area contributed by atoms with Gasteiger partial charge in [-0.15, -0.1) is 0 Å². The number of carbonyl (C=O) groups is 1. The molecule has 0 aromatic heterocycles. The number of hydrogen-bond donors (Lipinski definition) is 0. The maximum atomic E-state index is 10.9. The van der Waals surface area contributed by atoms with Gasteiger partial charge in [-0.2, -0.15) is 11.8 Å². The summed E-state index contributed by atoms with van der Waals surface area (Å²) in [5, 5.41) is 1.43. The molecule has 3 nitrogen and oxygen atoms in total. The summed E-state index contributed by atoms with van der Waals surface area (Å²) < 4.78 is 4.62. The molecule has 0 aliphatic carbocycles. The van der Waals surface area contributed by atoms with Crippen molar-refractivity contribution in [3.05, 3.63) is 0 Å². The molecule has 2 atom stereocenters. The molecule has 2 unspecified atom stereocenters. The highest BCUT2D eigenvalue weighted by Gasteiger charge is 2.21. The predicted octanol–water partition coefficient (Wildman–Crippen LogP) is 1.77. The molecule has 4 heteroatoms. The molecule has 1 aliphatic heterocycles. The van der Waals surface area contributed by atoms with E-state index in [1.165, 1.54) is 7.11 Å². The fourth-order valence-electron chi connectivity index (χ4n) is 2.02. The van der Waals surface area contributed by atoms with Crippen molar-refractivity contribution < 1.29 is 9.53 Å². The van der Waals surface area contributed by atoms with E-state index >= 15 is 0 Å². The molecule has 1 heterocycles. The van der Waals surface area contributed by atoms with Gasteiger partial charge >= 0.3 is 5.97 Å². The van der Waals surface area contributed by atoms with Crippen molar-refractivity contribution in [3.63, 3.8) is 0 Å². The van der Waals surface area contributed by atoms with Crippen LogP contribution in [-0.4, -0.2) is 48.1 Å². The lowest BCUT2D eigenvalue weighted by molar-refractivity contribution is -0.140. The van der Waals surface area contributed by atoms with E-state index in [1.807, 2.05) is 0 Å². The lowest BCUT2D eigenvalue weighted by atomic mass is 10.2. The Hall–Kier alpha value is -0.220. The third kappa shape index (κ3) is 4.89. The quantitative estimate of drug-likeness (QED) is 0.690. The summed E-state index contributed by atoms with van der Waals surface area (Å²) in [5.74, 6) is -0.0949. The minimum absolute atomic E-state index is 0.0949. The van der Waals surface area contributed by atoms with E-state index in [4.69, 9.17) is 0 Å². The summed E-state index contributed by atoms with van der Waals surface area (Å²) in [6.07, 6.45) is 1.46. The number of methoxy groups -OCH3 is 1. The summed E-state index contributed by atoms with van der Waals surface area (Å²) in [4.78, 5) is 13.4. The maximum Gasteiger partial charge on any atom is 0.305 e. The highest BCUT2D eigenvalue weighted by molar-refractivity contribution is 8.00. The van der Waals surface area contributed by atoms with Gasteiger partial charge in [0.05, 0.1) is 7.11 Å². The van der Waals surface area contributed by atoms with Gasteiger partial charge in [0.2, 0.25) is 0 Å². The van der Waals surface area contributed by atoms with Crippen LogP contribution in [0.4, 0.5) is 0 Å². The normalized spacial score (nSPS) is 27.7. The van der Waals surface area contributed by atoms with Crippen LogP contribution in [0.25, 0.3) is 0 Å². The third-order valence-electron chi connectivity index (χ3n) is 2.58. The average Bonchev–Trinajstić information content (AvgIpc) is 2.16. The fourth-order valence-corrected chi connectivity index (χ4v) is 3.40. The Kier molecular flexibility index (Phi) is 5.47. The average molecular weight is 231 g/mol. The molecule has 1 fully saturated rings. The third-order valence-corrected chi connectivity index (χ3v) is 3.81. The molecule has 0 radical (unpaired) electrons. The summed E-state index contributed by atoms with van der Waals surface area (Å²) in [6, 6.07) is 0. The van der Waals surface area contributed by atoms with Crippen molar-refractivity contribution in [1.29, 1.82) is 0 Å². The largest absolute Gasteiger partial charge is 0.469 e. The first-order valence-electron chi connectivity index (χ1n) is 5.56. The van der Waals surface area contributed by atoms with E-state index in [0.717, 1.165) is 26.1 Å². The molecule has 1 saturated heterocycles. The monoisotopic (exact) mass is 231 g/mol. The zero-order valence-corrected chi connectivity index (χ0v) is 10.7. The van der Waals surface area contributed by atoms with Gasteiger partial charge in [0, 0.05) is 30.0 Å². The first-order valence-corrected chi connectivity index (χ1v) is 6.50. The minimum atomic E-state index is -0.0949. The van der Waals surface area contributed by atoms with Gasteiger partial charge in [-0.05, 0) is 13.0 Å². The van der Waals surface area contributed by atoms with Crippen molar-refractivity contribution in [2.75, 3.05) is 26.7 Å². The van der Waals surface area contributed by atoms with Crippen molar-refractivity contribution in [2.24, 2.45) is 0 Å². The number of rotatable bonds is 4. The highest BCUT2D eigenvalue weighted by atomic mass is 32.2. The molecule has 0 aromatic carbocycles. The maximum absolute atomic E-state index is 10.9. The Morgan fingerprint density at radius 2 is 2.00 bits per heavy atom. The molecular formula is C11H21NO2S. The van der Waals surface area contributed by atoms with Crippen molar-refractivity contribution in [3.8, 4) is 0 Å². The molecule has 0 aromatic rings. The van der Waals surface area contributed by atoms with Crippen LogP contribution in [0.1, 0.15) is 26.7 Å². The molecule has 15 heavy (non-hydrogen) atoms. The molecule has 1 aliphatic rings. The number of thioether (sulfide) groups is 1. The molecular weight excluding hydrogens is 210 g/mol. The molecule has 0 saturated carbocycles. The van der Waals surface area contributed by atoms with Crippen molar-refractivity contribution >= 4 is 17.7 Å². The van der Waals surface area contributed by atoms with Crippen LogP contribution in [0.3, 0.4) is 0 Å². The standard InChI is InChI=1S/C11H21NO2S/c1-9-7-12(8-10(2)15-9)6-4-5-11(13)14-3/h9-10H,4-8H2,1-3H3. The number of esters is 1. The topological polar surface area (TPSA) is 29.5 Å². The summed E-state index contributed by atoms with van der Waals surface area (Å²) in [7, 11) is 1.45. The van der Waals surface area contributed by atoms with E-state index in [1.54, 1.807) is 0 Å². The predicted molar refractivity (Wildman–Crippen MR) is 64.2 cm³/mol. The van der Waals surface area contributed by atoms with Crippen LogP contribution in [0.15, 0.2) is 0 Å². The van der Waals surface area contributed by atoms with E-state index < -0.39 is 0 Å². The molecule has 1 rings (SSSR count). The van der Waals surface area contributed by atoms with Crippen molar-refractivity contribution in [2.45, 2.75) is 37.2 Å². The van der Waals surface area contributed by atoms with Crippen LogP contribution < -0.4 is 0 Å². The Balaban J connectivity index is 2.17. The Bertz CT molecular complexity index is 201. The van der Waals surface area contributed by atoms with Crippen LogP contribution in [0, 0.1) is 0 Å². The Morgan fingerprint density at radius 1 is 1.40 bits per heavy atom. The van der Waals surface area contributed by atoms with Gasteiger partial charge in [-0.3, -0.25) is 4.79 Å². The van der Waals surface area contributed by atoms with Crippen molar-refractivity contribution in [1.82, 2.24) is 4.90 Å². The van der Waals surface area contributed by atoms with Gasteiger partial charge in [-0.25, -0.2) is 0 Å². The van der Waals surface area contributed by atoms with Crippen LogP contribution in [-0.2, 0) is 9.53 Å². The molecule has 0 amide bonds. The van der Waals surface area contributed by atoms with Crippen LogP contribution >= 0.6 is 11.8 Å². The SMILES string of the molecule is COC(=O)CCCN1CC(C)SC(C)C1. The van der Waals surface area contributed by atoms with Gasteiger partial charge in [-0.1, -0.05) is 13.8 Å². The first-order chi connectivity index (χ1) is 7.11.